The van der Waals surface area contributed by atoms with Gasteiger partial charge in [-0.2, -0.15) is 0 Å². The molecule has 1 saturated heterocycles. The molecule has 6 heteroatoms. The zero-order valence-corrected chi connectivity index (χ0v) is 12.7. The molecule has 2 rings (SSSR count). The normalized spacial score (nSPS) is 27.9. The Labute approximate surface area is 121 Å². The first kappa shape index (κ1) is 15.8. The highest BCUT2D eigenvalue weighted by atomic mass is 31.2. The second kappa shape index (κ2) is 7.46. The van der Waals surface area contributed by atoms with Crippen LogP contribution in [0.5, 0.6) is 0 Å². The largest absolute Gasteiger partial charge is 0.350 e. The molecule has 5 nitrogen and oxygen atoms in total. The van der Waals surface area contributed by atoms with Crippen molar-refractivity contribution in [3.05, 3.63) is 35.9 Å². The van der Waals surface area contributed by atoms with Crippen molar-refractivity contribution >= 4 is 8.38 Å². The van der Waals surface area contributed by atoms with Gasteiger partial charge in [0, 0.05) is 31.3 Å². The van der Waals surface area contributed by atoms with E-state index in [9.17, 15) is 0 Å². The lowest BCUT2D eigenvalue weighted by molar-refractivity contribution is 0.0988. The van der Waals surface area contributed by atoms with E-state index in [1.807, 2.05) is 18.2 Å². The fourth-order valence-electron chi connectivity index (χ4n) is 2.68. The summed E-state index contributed by atoms with van der Waals surface area (Å²) in [5.41, 5.74) is 7.49. The fourth-order valence-corrected chi connectivity index (χ4v) is 3.11. The maximum Gasteiger partial charge on any atom is 0.164 e. The summed E-state index contributed by atoms with van der Waals surface area (Å²) in [5, 5.41) is 3.55. The van der Waals surface area contributed by atoms with Crippen molar-refractivity contribution in [1.29, 1.82) is 0 Å². The predicted octanol–water partition coefficient (Wildman–Crippen LogP) is 0.993. The fraction of sp³-hybridized carbons (Fsp3) is 0.571. The lowest BCUT2D eigenvalue weighted by atomic mass is 10.0. The highest BCUT2D eigenvalue weighted by Crippen LogP contribution is 2.25. The molecule has 0 spiro atoms. The molecule has 1 aliphatic rings. The number of hydrogen-bond acceptors (Lipinski definition) is 5. The third kappa shape index (κ3) is 4.22. The second-order valence-corrected chi connectivity index (χ2v) is 6.55. The Morgan fingerprint density at radius 1 is 1.35 bits per heavy atom. The average molecular weight is 297 g/mol. The van der Waals surface area contributed by atoms with Gasteiger partial charge in [-0.15, -0.1) is 0 Å². The summed E-state index contributed by atoms with van der Waals surface area (Å²) >= 11 is 0. The van der Waals surface area contributed by atoms with E-state index in [1.54, 1.807) is 0 Å². The van der Waals surface area contributed by atoms with Crippen LogP contribution in [0.3, 0.4) is 0 Å². The molecule has 112 valence electrons. The summed E-state index contributed by atoms with van der Waals surface area (Å²) in [7, 11) is -1.79. The predicted molar refractivity (Wildman–Crippen MR) is 82.2 cm³/mol. The Bertz CT molecular complexity index is 405. The monoisotopic (exact) mass is 297 g/mol. The molecule has 1 aromatic rings. The van der Waals surface area contributed by atoms with Gasteiger partial charge in [0.2, 0.25) is 0 Å². The average Bonchev–Trinajstić information content (AvgIpc) is 2.44. The minimum atomic E-state index is -1.79. The van der Waals surface area contributed by atoms with Gasteiger partial charge in [-0.05, 0) is 18.9 Å². The van der Waals surface area contributed by atoms with Gasteiger partial charge in [0.25, 0.3) is 0 Å². The van der Waals surface area contributed by atoms with Gasteiger partial charge < -0.3 is 20.8 Å². The first-order valence-corrected chi connectivity index (χ1v) is 8.47. The van der Waals surface area contributed by atoms with E-state index in [2.05, 4.69) is 29.3 Å². The van der Waals surface area contributed by atoms with E-state index in [0.29, 0.717) is 6.16 Å². The topological polar surface area (TPSA) is 81.8 Å². The van der Waals surface area contributed by atoms with Crippen molar-refractivity contribution < 1.29 is 9.79 Å². The van der Waals surface area contributed by atoms with Crippen LogP contribution in [-0.2, 0) is 0 Å². The summed E-state index contributed by atoms with van der Waals surface area (Å²) < 4.78 is 0. The molecule has 1 heterocycles. The number of rotatable bonds is 5. The number of nitrogens with one attached hydrogen (secondary N) is 1. The lowest BCUT2D eigenvalue weighted by Gasteiger charge is -2.43. The molecule has 5 N–H and O–H groups in total. The first-order valence-electron chi connectivity index (χ1n) is 7.04. The van der Waals surface area contributed by atoms with Crippen LogP contribution >= 0.6 is 8.38 Å². The van der Waals surface area contributed by atoms with Gasteiger partial charge in [-0.25, -0.2) is 0 Å². The van der Waals surface area contributed by atoms with Crippen LogP contribution in [0.1, 0.15) is 24.9 Å². The minimum Gasteiger partial charge on any atom is -0.350 e. The molecule has 1 aromatic carbocycles. The molecular formula is C14H24N3O2P. The molecule has 20 heavy (non-hydrogen) atoms. The van der Waals surface area contributed by atoms with E-state index in [1.165, 1.54) is 5.56 Å². The van der Waals surface area contributed by atoms with Crippen molar-refractivity contribution in [2.45, 2.75) is 31.6 Å². The molecule has 0 bridgehead atoms. The molecule has 0 radical (unpaired) electrons. The third-order valence-electron chi connectivity index (χ3n) is 3.82. The summed E-state index contributed by atoms with van der Waals surface area (Å²) in [6.45, 7) is 3.75. The van der Waals surface area contributed by atoms with E-state index >= 15 is 0 Å². The highest BCUT2D eigenvalue weighted by molar-refractivity contribution is 7.45. The van der Waals surface area contributed by atoms with Gasteiger partial charge in [-0.3, -0.25) is 4.90 Å². The van der Waals surface area contributed by atoms with E-state index < -0.39 is 8.38 Å². The van der Waals surface area contributed by atoms with Crippen LogP contribution in [0.4, 0.5) is 0 Å². The maximum atomic E-state index is 8.99. The Balaban J connectivity index is 1.97. The smallest absolute Gasteiger partial charge is 0.164 e. The maximum absolute atomic E-state index is 8.99. The molecule has 1 fully saturated rings. The SMILES string of the molecule is CC1NC(c2ccccc2)CN(CCCP(O)O)C1N. The molecule has 0 amide bonds. The summed E-state index contributed by atoms with van der Waals surface area (Å²) in [6.07, 6.45) is 1.19. The third-order valence-corrected chi connectivity index (χ3v) is 4.54. The zero-order chi connectivity index (χ0) is 14.5. The second-order valence-electron chi connectivity index (χ2n) is 5.35. The Morgan fingerprint density at radius 3 is 2.70 bits per heavy atom. The van der Waals surface area contributed by atoms with Crippen molar-refractivity contribution in [2.24, 2.45) is 5.73 Å². The van der Waals surface area contributed by atoms with Crippen molar-refractivity contribution in [3.8, 4) is 0 Å². The number of benzene rings is 1. The number of piperazine rings is 1. The van der Waals surface area contributed by atoms with Crippen LogP contribution in [0.2, 0.25) is 0 Å². The zero-order valence-electron chi connectivity index (χ0n) is 11.8. The highest BCUT2D eigenvalue weighted by Gasteiger charge is 2.30. The van der Waals surface area contributed by atoms with Crippen molar-refractivity contribution in [3.63, 3.8) is 0 Å². The molecule has 3 atom stereocenters. The molecule has 1 aliphatic heterocycles. The van der Waals surface area contributed by atoms with Gasteiger partial charge in [0.05, 0.1) is 6.17 Å². The summed E-state index contributed by atoms with van der Waals surface area (Å²) in [4.78, 5) is 20.2. The molecular weight excluding hydrogens is 273 g/mol. The van der Waals surface area contributed by atoms with Gasteiger partial charge in [-0.1, -0.05) is 30.3 Å². The van der Waals surface area contributed by atoms with Crippen LogP contribution in [0.15, 0.2) is 30.3 Å². The Morgan fingerprint density at radius 2 is 2.05 bits per heavy atom. The quantitative estimate of drug-likeness (QED) is 0.610. The minimum absolute atomic E-state index is 0.0291. The van der Waals surface area contributed by atoms with Crippen LogP contribution < -0.4 is 11.1 Å². The number of hydrogen-bond donors (Lipinski definition) is 4. The molecule has 0 saturated carbocycles. The first-order chi connectivity index (χ1) is 9.58. The molecule has 0 aromatic heterocycles. The molecule has 0 aliphatic carbocycles. The molecule has 3 unspecified atom stereocenters. The Kier molecular flexibility index (Phi) is 5.90. The van der Waals surface area contributed by atoms with Crippen LogP contribution in [-0.4, -0.2) is 46.1 Å². The lowest BCUT2D eigenvalue weighted by Crippen LogP contribution is -2.61. The summed E-state index contributed by atoms with van der Waals surface area (Å²) in [6, 6.07) is 10.8. The van der Waals surface area contributed by atoms with Gasteiger partial charge in [0.15, 0.2) is 8.38 Å². The van der Waals surface area contributed by atoms with E-state index in [0.717, 1.165) is 19.5 Å². The van der Waals surface area contributed by atoms with Gasteiger partial charge in [0.1, 0.15) is 0 Å². The Hall–Kier alpha value is -0.550. The summed E-state index contributed by atoms with van der Waals surface area (Å²) in [5.74, 6) is 0. The number of nitrogens with zero attached hydrogens (tertiary/aromatic N) is 1. The standard InChI is InChI=1S/C14H24N3O2P/c1-11-14(15)17(8-5-9-20(18)19)10-13(16-11)12-6-3-2-4-7-12/h2-4,6-7,11,13-14,16,18-19H,5,8-10,15H2,1H3. The van der Waals surface area contributed by atoms with Crippen molar-refractivity contribution in [1.82, 2.24) is 10.2 Å². The van der Waals surface area contributed by atoms with E-state index in [-0.39, 0.29) is 18.2 Å². The van der Waals surface area contributed by atoms with Crippen LogP contribution in [0, 0.1) is 0 Å². The van der Waals surface area contributed by atoms with E-state index in [4.69, 9.17) is 15.5 Å². The van der Waals surface area contributed by atoms with Crippen molar-refractivity contribution in [2.75, 3.05) is 19.3 Å². The number of nitrogens with two attached hydrogens (primary N) is 1. The van der Waals surface area contributed by atoms with Crippen LogP contribution in [0.25, 0.3) is 0 Å². The van der Waals surface area contributed by atoms with Gasteiger partial charge >= 0.3 is 0 Å².